The van der Waals surface area contributed by atoms with Crippen molar-refractivity contribution in [3.05, 3.63) is 47.0 Å². The second-order valence-corrected chi connectivity index (χ2v) is 3.90. The molecule has 0 heterocycles. The lowest BCUT2D eigenvalue weighted by atomic mass is 10.1. The van der Waals surface area contributed by atoms with Crippen molar-refractivity contribution in [3.8, 4) is 0 Å². The van der Waals surface area contributed by atoms with Crippen molar-refractivity contribution >= 4 is 11.6 Å². The second-order valence-electron chi connectivity index (χ2n) is 3.49. The first-order valence-electron chi connectivity index (χ1n) is 4.89. The summed E-state index contributed by atoms with van der Waals surface area (Å²) in [5, 5.41) is 12.9. The summed E-state index contributed by atoms with van der Waals surface area (Å²) in [5.74, 6) is 0. The summed E-state index contributed by atoms with van der Waals surface area (Å²) >= 11 is 5.92. The van der Waals surface area contributed by atoms with Gasteiger partial charge in [0.25, 0.3) is 0 Å². The highest BCUT2D eigenvalue weighted by Crippen LogP contribution is 2.16. The van der Waals surface area contributed by atoms with Crippen LogP contribution < -0.4 is 5.32 Å². The van der Waals surface area contributed by atoms with E-state index < -0.39 is 0 Å². The first-order chi connectivity index (χ1) is 7.17. The Morgan fingerprint density at radius 1 is 1.60 bits per heavy atom. The van der Waals surface area contributed by atoms with Crippen molar-refractivity contribution in [1.82, 2.24) is 5.32 Å². The van der Waals surface area contributed by atoms with E-state index in [1.807, 2.05) is 25.1 Å². The third-order valence-electron chi connectivity index (χ3n) is 2.27. The zero-order valence-electron chi connectivity index (χ0n) is 8.83. The average molecular weight is 226 g/mol. The van der Waals surface area contributed by atoms with E-state index in [1.165, 1.54) is 0 Å². The Balaban J connectivity index is 2.57. The number of hydrogen-bond donors (Lipinski definition) is 2. The summed E-state index contributed by atoms with van der Waals surface area (Å²) in [6.45, 7) is 6.38. The molecule has 0 spiro atoms. The minimum Gasteiger partial charge on any atom is -0.394 e. The summed E-state index contributed by atoms with van der Waals surface area (Å²) in [6, 6.07) is 5.84. The predicted octanol–water partition coefficient (Wildman–Crippen LogP) is 2.28. The minimum atomic E-state index is -0.0546. The molecule has 15 heavy (non-hydrogen) atoms. The zero-order valence-corrected chi connectivity index (χ0v) is 9.59. The lowest BCUT2D eigenvalue weighted by molar-refractivity contribution is 0.264. The number of aliphatic hydroxyl groups is 1. The van der Waals surface area contributed by atoms with Gasteiger partial charge < -0.3 is 10.4 Å². The van der Waals surface area contributed by atoms with Crippen LogP contribution in [-0.2, 0) is 6.54 Å². The molecule has 0 aliphatic rings. The van der Waals surface area contributed by atoms with Gasteiger partial charge in [-0.3, -0.25) is 0 Å². The lowest BCUT2D eigenvalue weighted by Crippen LogP contribution is -2.29. The van der Waals surface area contributed by atoms with Crippen molar-refractivity contribution in [1.29, 1.82) is 0 Å². The average Bonchev–Trinajstić information content (AvgIpc) is 2.24. The maximum absolute atomic E-state index is 8.95. The number of hydrogen-bond acceptors (Lipinski definition) is 2. The molecule has 2 nitrogen and oxygen atoms in total. The molecule has 1 aromatic carbocycles. The smallest absolute Gasteiger partial charge is 0.0620 e. The molecule has 1 unspecified atom stereocenters. The second kappa shape index (κ2) is 5.91. The van der Waals surface area contributed by atoms with Crippen LogP contribution in [0.4, 0.5) is 0 Å². The van der Waals surface area contributed by atoms with Crippen LogP contribution in [0.15, 0.2) is 30.9 Å². The van der Waals surface area contributed by atoms with Gasteiger partial charge in [-0.25, -0.2) is 0 Å². The highest BCUT2D eigenvalue weighted by Gasteiger charge is 2.02. The van der Waals surface area contributed by atoms with E-state index in [1.54, 1.807) is 6.08 Å². The summed E-state index contributed by atoms with van der Waals surface area (Å²) in [4.78, 5) is 0. The Hall–Kier alpha value is -0.830. The first-order valence-corrected chi connectivity index (χ1v) is 5.27. The molecule has 1 rings (SSSR count). The highest BCUT2D eigenvalue weighted by molar-refractivity contribution is 6.31. The van der Waals surface area contributed by atoms with Gasteiger partial charge in [0.2, 0.25) is 0 Å². The van der Waals surface area contributed by atoms with E-state index in [9.17, 15) is 0 Å². The van der Waals surface area contributed by atoms with Crippen molar-refractivity contribution in [2.24, 2.45) is 0 Å². The van der Waals surface area contributed by atoms with Gasteiger partial charge in [-0.05, 0) is 24.1 Å². The predicted molar refractivity (Wildman–Crippen MR) is 64.1 cm³/mol. The molecule has 82 valence electrons. The standard InChI is InChI=1S/C12H16ClNO/c1-3-11(8-15)14-7-10-4-5-12(13)9(2)6-10/h3-6,11,14-15H,1,7-8H2,2H3. The molecule has 0 fully saturated rings. The van der Waals surface area contributed by atoms with Crippen LogP contribution in [0.5, 0.6) is 0 Å². The van der Waals surface area contributed by atoms with Crippen LogP contribution in [0, 0.1) is 6.92 Å². The molecule has 3 heteroatoms. The minimum absolute atomic E-state index is 0.0546. The van der Waals surface area contributed by atoms with E-state index in [0.717, 1.165) is 16.1 Å². The molecule has 0 bridgehead atoms. The molecule has 0 aliphatic heterocycles. The fraction of sp³-hybridized carbons (Fsp3) is 0.333. The number of rotatable bonds is 5. The molecule has 0 saturated heterocycles. The van der Waals surface area contributed by atoms with Crippen LogP contribution in [-0.4, -0.2) is 17.8 Å². The van der Waals surface area contributed by atoms with Crippen LogP contribution >= 0.6 is 11.6 Å². The van der Waals surface area contributed by atoms with Gasteiger partial charge in [-0.15, -0.1) is 6.58 Å². The van der Waals surface area contributed by atoms with Gasteiger partial charge >= 0.3 is 0 Å². The van der Waals surface area contributed by atoms with Gasteiger partial charge in [0.1, 0.15) is 0 Å². The molecule has 1 aromatic rings. The molecular formula is C12H16ClNO. The zero-order chi connectivity index (χ0) is 11.3. The third kappa shape index (κ3) is 3.67. The van der Waals surface area contributed by atoms with Gasteiger partial charge in [0, 0.05) is 17.6 Å². The summed E-state index contributed by atoms with van der Waals surface area (Å²) in [7, 11) is 0. The molecule has 0 radical (unpaired) electrons. The number of halogens is 1. The van der Waals surface area contributed by atoms with Gasteiger partial charge in [-0.2, -0.15) is 0 Å². The molecule has 0 aromatic heterocycles. The van der Waals surface area contributed by atoms with Gasteiger partial charge in [0.05, 0.1) is 6.61 Å². The summed E-state index contributed by atoms with van der Waals surface area (Å²) in [5.41, 5.74) is 2.22. The monoisotopic (exact) mass is 225 g/mol. The van der Waals surface area contributed by atoms with Crippen molar-refractivity contribution in [2.45, 2.75) is 19.5 Å². The maximum Gasteiger partial charge on any atom is 0.0620 e. The van der Waals surface area contributed by atoms with Gasteiger partial charge in [-0.1, -0.05) is 29.8 Å². The molecule has 0 aliphatic carbocycles. The summed E-state index contributed by atoms with van der Waals surface area (Å²) in [6.07, 6.45) is 1.70. The highest BCUT2D eigenvalue weighted by atomic mass is 35.5. The van der Waals surface area contributed by atoms with Crippen molar-refractivity contribution in [3.63, 3.8) is 0 Å². The SMILES string of the molecule is C=CC(CO)NCc1ccc(Cl)c(C)c1. The molecule has 1 atom stereocenters. The van der Waals surface area contributed by atoms with E-state index in [-0.39, 0.29) is 12.6 Å². The van der Waals surface area contributed by atoms with Crippen molar-refractivity contribution in [2.75, 3.05) is 6.61 Å². The molecule has 2 N–H and O–H groups in total. The van der Waals surface area contributed by atoms with Gasteiger partial charge in [0.15, 0.2) is 0 Å². The maximum atomic E-state index is 8.95. The Labute approximate surface area is 95.6 Å². The topological polar surface area (TPSA) is 32.3 Å². The Kier molecular flexibility index (Phi) is 4.82. The van der Waals surface area contributed by atoms with Crippen LogP contribution in [0.25, 0.3) is 0 Å². The summed E-state index contributed by atoms with van der Waals surface area (Å²) < 4.78 is 0. The Bertz CT molecular complexity index is 338. The van der Waals surface area contributed by atoms with E-state index >= 15 is 0 Å². The largest absolute Gasteiger partial charge is 0.394 e. The van der Waals surface area contributed by atoms with E-state index in [0.29, 0.717) is 6.54 Å². The number of aliphatic hydroxyl groups excluding tert-OH is 1. The fourth-order valence-corrected chi connectivity index (χ4v) is 1.41. The molecule has 0 amide bonds. The number of benzene rings is 1. The molecule has 0 saturated carbocycles. The fourth-order valence-electron chi connectivity index (χ4n) is 1.29. The number of nitrogens with one attached hydrogen (secondary N) is 1. The van der Waals surface area contributed by atoms with Crippen LogP contribution in [0.1, 0.15) is 11.1 Å². The van der Waals surface area contributed by atoms with E-state index in [4.69, 9.17) is 16.7 Å². The quantitative estimate of drug-likeness (QED) is 0.754. The van der Waals surface area contributed by atoms with E-state index in [2.05, 4.69) is 11.9 Å². The third-order valence-corrected chi connectivity index (χ3v) is 2.70. The van der Waals surface area contributed by atoms with Crippen molar-refractivity contribution < 1.29 is 5.11 Å². The Morgan fingerprint density at radius 3 is 2.87 bits per heavy atom. The lowest BCUT2D eigenvalue weighted by Gasteiger charge is -2.12. The van der Waals surface area contributed by atoms with Crippen LogP contribution in [0.3, 0.4) is 0 Å². The molecular weight excluding hydrogens is 210 g/mol. The Morgan fingerprint density at radius 2 is 2.33 bits per heavy atom. The van der Waals surface area contributed by atoms with Crippen LogP contribution in [0.2, 0.25) is 5.02 Å². The first kappa shape index (κ1) is 12.2. The number of aryl methyl sites for hydroxylation is 1. The normalized spacial score (nSPS) is 12.5.